The summed E-state index contributed by atoms with van der Waals surface area (Å²) in [6.07, 6.45) is 2.81. The van der Waals surface area contributed by atoms with Crippen LogP contribution in [0.4, 0.5) is 5.69 Å². The molecule has 0 aliphatic carbocycles. The highest BCUT2D eigenvalue weighted by Gasteiger charge is 2.32. The normalized spacial score (nSPS) is 15.7. The van der Waals surface area contributed by atoms with E-state index in [-0.39, 0.29) is 28.7 Å². The molecule has 0 atom stereocenters. The van der Waals surface area contributed by atoms with Crippen LogP contribution in [-0.2, 0) is 9.59 Å². The highest BCUT2D eigenvalue weighted by Crippen LogP contribution is 2.30. The molecule has 0 saturated carbocycles. The molecule has 28 heavy (non-hydrogen) atoms. The summed E-state index contributed by atoms with van der Waals surface area (Å²) in [5.74, 6) is -0.543. The quantitative estimate of drug-likeness (QED) is 0.208. The highest BCUT2D eigenvalue weighted by molar-refractivity contribution is 7.80. The minimum Gasteiger partial charge on any atom is -0.457 e. The Hall–Kier alpha value is -3.59. The highest BCUT2D eigenvalue weighted by atomic mass is 32.1. The molecule has 8 nitrogen and oxygen atoms in total. The first kappa shape index (κ1) is 19.2. The van der Waals surface area contributed by atoms with Crippen molar-refractivity contribution in [2.75, 3.05) is 6.54 Å². The van der Waals surface area contributed by atoms with Crippen molar-refractivity contribution in [2.45, 2.75) is 6.92 Å². The molecular formula is C19H15N3O5S. The van der Waals surface area contributed by atoms with E-state index in [2.05, 4.69) is 11.9 Å². The lowest BCUT2D eigenvalue weighted by Crippen LogP contribution is -2.53. The van der Waals surface area contributed by atoms with Gasteiger partial charge in [0.1, 0.15) is 17.1 Å². The Morgan fingerprint density at radius 2 is 2.07 bits per heavy atom. The number of hydrogen-bond donors (Lipinski definition) is 1. The number of rotatable bonds is 5. The Balaban J connectivity index is 1.96. The molecule has 2 aromatic rings. The summed E-state index contributed by atoms with van der Waals surface area (Å²) in [5.41, 5.74) is 1.14. The monoisotopic (exact) mass is 397 g/mol. The van der Waals surface area contributed by atoms with Crippen molar-refractivity contribution in [1.29, 1.82) is 0 Å². The fourth-order valence-electron chi connectivity index (χ4n) is 2.70. The number of hydrogen-bond acceptors (Lipinski definition) is 6. The number of nitrogens with zero attached hydrogens (tertiary/aromatic N) is 2. The van der Waals surface area contributed by atoms with Crippen LogP contribution in [0.15, 0.2) is 53.0 Å². The van der Waals surface area contributed by atoms with Gasteiger partial charge in [-0.25, -0.2) is 0 Å². The average molecular weight is 397 g/mol. The minimum atomic E-state index is -0.625. The van der Waals surface area contributed by atoms with Gasteiger partial charge in [0.05, 0.1) is 4.92 Å². The molecule has 2 amide bonds. The van der Waals surface area contributed by atoms with Gasteiger partial charge in [0, 0.05) is 24.2 Å². The van der Waals surface area contributed by atoms with Crippen LogP contribution in [0.25, 0.3) is 17.4 Å². The van der Waals surface area contributed by atoms with Gasteiger partial charge in [0.25, 0.3) is 17.5 Å². The van der Waals surface area contributed by atoms with Gasteiger partial charge < -0.3 is 4.42 Å². The van der Waals surface area contributed by atoms with Gasteiger partial charge in [0.2, 0.25) is 0 Å². The average Bonchev–Trinajstić information content (AvgIpc) is 3.11. The summed E-state index contributed by atoms with van der Waals surface area (Å²) in [7, 11) is 0. The molecule has 3 rings (SSSR count). The lowest BCUT2D eigenvalue weighted by atomic mass is 10.1. The predicted octanol–water partition coefficient (Wildman–Crippen LogP) is 2.98. The molecule has 0 bridgehead atoms. The summed E-state index contributed by atoms with van der Waals surface area (Å²) in [6, 6.07) is 7.64. The third-order valence-corrected chi connectivity index (χ3v) is 4.43. The second-order valence-electron chi connectivity index (χ2n) is 5.98. The van der Waals surface area contributed by atoms with Crippen molar-refractivity contribution in [3.63, 3.8) is 0 Å². The lowest BCUT2D eigenvalue weighted by Gasteiger charge is -2.27. The number of furan rings is 1. The molecule has 1 N–H and O–H groups in total. The van der Waals surface area contributed by atoms with E-state index >= 15 is 0 Å². The Morgan fingerprint density at radius 1 is 1.32 bits per heavy atom. The molecule has 1 aromatic carbocycles. The van der Waals surface area contributed by atoms with Crippen LogP contribution in [0.3, 0.4) is 0 Å². The fourth-order valence-corrected chi connectivity index (χ4v) is 2.95. The van der Waals surface area contributed by atoms with Gasteiger partial charge in [-0.05, 0) is 42.9 Å². The van der Waals surface area contributed by atoms with E-state index in [4.69, 9.17) is 16.6 Å². The summed E-state index contributed by atoms with van der Waals surface area (Å²) in [6.45, 7) is 5.52. The standard InChI is InChI=1S/C19H15N3O5S/c1-3-8-21-18(24)15(17(23)20-19(21)28)10-13-6-7-16(27-13)14-9-12(22(25)26)5-4-11(14)2/h3-7,9-10H,1,8H2,2H3,(H,20,23,28). The van der Waals surface area contributed by atoms with Crippen LogP contribution in [0.2, 0.25) is 0 Å². The number of carbonyl (C=O) groups is 2. The second-order valence-corrected chi connectivity index (χ2v) is 6.37. The van der Waals surface area contributed by atoms with Crippen molar-refractivity contribution in [1.82, 2.24) is 10.2 Å². The van der Waals surface area contributed by atoms with Crippen molar-refractivity contribution >= 4 is 40.9 Å². The van der Waals surface area contributed by atoms with Crippen molar-refractivity contribution in [3.05, 3.63) is 70.0 Å². The van der Waals surface area contributed by atoms with Gasteiger partial charge in [0.15, 0.2) is 5.11 Å². The second kappa shape index (κ2) is 7.57. The lowest BCUT2D eigenvalue weighted by molar-refractivity contribution is -0.384. The largest absolute Gasteiger partial charge is 0.457 e. The molecule has 0 radical (unpaired) electrons. The number of carbonyl (C=O) groups excluding carboxylic acids is 2. The summed E-state index contributed by atoms with van der Waals surface area (Å²) in [5, 5.41) is 13.5. The van der Waals surface area contributed by atoms with Gasteiger partial charge >= 0.3 is 0 Å². The molecule has 1 fully saturated rings. The van der Waals surface area contributed by atoms with E-state index in [1.165, 1.54) is 29.2 Å². The first-order chi connectivity index (χ1) is 13.3. The van der Waals surface area contributed by atoms with Crippen LogP contribution >= 0.6 is 12.2 Å². The van der Waals surface area contributed by atoms with E-state index in [9.17, 15) is 19.7 Å². The number of nitro benzene ring substituents is 1. The number of thiocarbonyl (C=S) groups is 1. The molecular weight excluding hydrogens is 382 g/mol. The van der Waals surface area contributed by atoms with E-state index in [1.807, 2.05) is 0 Å². The molecule has 1 saturated heterocycles. The maximum absolute atomic E-state index is 12.5. The minimum absolute atomic E-state index is 0.0133. The fraction of sp³-hybridized carbons (Fsp3) is 0.105. The smallest absolute Gasteiger partial charge is 0.270 e. The van der Waals surface area contributed by atoms with Crippen LogP contribution < -0.4 is 5.32 Å². The molecule has 0 spiro atoms. The van der Waals surface area contributed by atoms with Crippen LogP contribution in [0.5, 0.6) is 0 Å². The molecule has 2 heterocycles. The molecule has 142 valence electrons. The Bertz CT molecular complexity index is 1050. The van der Waals surface area contributed by atoms with Gasteiger partial charge in [-0.2, -0.15) is 0 Å². The number of benzene rings is 1. The maximum atomic E-state index is 12.5. The van der Waals surface area contributed by atoms with Crippen molar-refractivity contribution in [2.24, 2.45) is 0 Å². The Morgan fingerprint density at radius 3 is 2.75 bits per heavy atom. The van der Waals surface area contributed by atoms with Gasteiger partial charge in [-0.15, -0.1) is 6.58 Å². The Labute approximate surface area is 165 Å². The number of nitro groups is 1. The summed E-state index contributed by atoms with van der Waals surface area (Å²) in [4.78, 5) is 36.4. The summed E-state index contributed by atoms with van der Waals surface area (Å²) >= 11 is 5.00. The van der Waals surface area contributed by atoms with Crippen molar-refractivity contribution < 1.29 is 18.9 Å². The van der Waals surface area contributed by atoms with Crippen LogP contribution in [0.1, 0.15) is 11.3 Å². The zero-order valence-corrected chi connectivity index (χ0v) is 15.6. The predicted molar refractivity (Wildman–Crippen MR) is 106 cm³/mol. The molecule has 1 aliphatic heterocycles. The Kier molecular flexibility index (Phi) is 5.18. The number of aryl methyl sites for hydroxylation is 1. The van der Waals surface area contributed by atoms with Crippen LogP contribution in [0, 0.1) is 17.0 Å². The van der Waals surface area contributed by atoms with Gasteiger partial charge in [-0.1, -0.05) is 12.1 Å². The molecule has 0 unspecified atom stereocenters. The summed E-state index contributed by atoms with van der Waals surface area (Å²) < 4.78 is 5.70. The van der Waals surface area contributed by atoms with Gasteiger partial charge in [-0.3, -0.25) is 29.9 Å². The van der Waals surface area contributed by atoms with E-state index in [0.29, 0.717) is 11.3 Å². The number of amides is 2. The maximum Gasteiger partial charge on any atom is 0.270 e. The van der Waals surface area contributed by atoms with E-state index in [0.717, 1.165) is 5.56 Å². The number of non-ortho nitro benzene ring substituents is 1. The molecule has 1 aromatic heterocycles. The zero-order chi connectivity index (χ0) is 20.4. The van der Waals surface area contributed by atoms with E-state index in [1.54, 1.807) is 25.1 Å². The molecule has 9 heteroatoms. The third kappa shape index (κ3) is 3.60. The SMILES string of the molecule is C=CCN1C(=O)C(=Cc2ccc(-c3cc([N+](=O)[O-])ccc3C)o2)C(=O)NC1=S. The first-order valence-corrected chi connectivity index (χ1v) is 8.57. The first-order valence-electron chi connectivity index (χ1n) is 8.17. The van der Waals surface area contributed by atoms with E-state index < -0.39 is 16.7 Å². The third-order valence-electron chi connectivity index (χ3n) is 4.11. The number of nitrogens with one attached hydrogen (secondary N) is 1. The molecule has 1 aliphatic rings. The zero-order valence-electron chi connectivity index (χ0n) is 14.8. The topological polar surface area (TPSA) is 106 Å². The van der Waals surface area contributed by atoms with Crippen LogP contribution in [-0.4, -0.2) is 33.3 Å². The van der Waals surface area contributed by atoms with Crippen molar-refractivity contribution in [3.8, 4) is 11.3 Å².